The Morgan fingerprint density at radius 2 is 1.53 bits per heavy atom. The van der Waals surface area contributed by atoms with Crippen LogP contribution < -0.4 is 9.47 Å². The van der Waals surface area contributed by atoms with E-state index in [0.29, 0.717) is 23.5 Å². The summed E-state index contributed by atoms with van der Waals surface area (Å²) >= 11 is 0. The third-order valence-electron chi connectivity index (χ3n) is 6.04. The van der Waals surface area contributed by atoms with Crippen LogP contribution in [0.4, 0.5) is 0 Å². The van der Waals surface area contributed by atoms with Crippen LogP contribution in [0.3, 0.4) is 0 Å². The fourth-order valence-corrected chi connectivity index (χ4v) is 4.40. The maximum atomic E-state index is 10.6. The Morgan fingerprint density at radius 1 is 0.844 bits per heavy atom. The SMILES string of the molecule is COc1ccc([C@@H]2O[C@H](CO)[C@@H](O)[C@H](O)[C@H]2O)c(OC)c1Cc1cc2cccccc-2c1. The number of methoxy groups -OCH3 is 2. The molecule has 1 aromatic rings. The molecule has 0 aromatic heterocycles. The van der Waals surface area contributed by atoms with Crippen LogP contribution >= 0.6 is 0 Å². The Hall–Kier alpha value is -2.68. The summed E-state index contributed by atoms with van der Waals surface area (Å²) in [4.78, 5) is 0. The van der Waals surface area contributed by atoms with Crippen LogP contribution in [0.25, 0.3) is 11.1 Å². The van der Waals surface area contributed by atoms with Gasteiger partial charge >= 0.3 is 0 Å². The first-order valence-corrected chi connectivity index (χ1v) is 10.5. The highest BCUT2D eigenvalue weighted by Gasteiger charge is 2.45. The van der Waals surface area contributed by atoms with Crippen molar-refractivity contribution in [3.05, 3.63) is 71.3 Å². The molecule has 0 amide bonds. The summed E-state index contributed by atoms with van der Waals surface area (Å²) < 4.78 is 17.1. The van der Waals surface area contributed by atoms with E-state index in [0.717, 1.165) is 22.3 Å². The molecule has 1 fully saturated rings. The highest BCUT2D eigenvalue weighted by molar-refractivity contribution is 5.69. The maximum absolute atomic E-state index is 10.6. The van der Waals surface area contributed by atoms with E-state index < -0.39 is 37.1 Å². The molecular formula is C25H28O7. The molecule has 4 rings (SSSR count). The van der Waals surface area contributed by atoms with Gasteiger partial charge in [0, 0.05) is 17.5 Å². The molecule has 1 aliphatic heterocycles. The van der Waals surface area contributed by atoms with E-state index in [1.54, 1.807) is 19.2 Å². The summed E-state index contributed by atoms with van der Waals surface area (Å²) in [6, 6.07) is 17.8. The van der Waals surface area contributed by atoms with E-state index in [4.69, 9.17) is 14.2 Å². The van der Waals surface area contributed by atoms with Gasteiger partial charge in [0.1, 0.15) is 42.0 Å². The zero-order valence-electron chi connectivity index (χ0n) is 18.0. The van der Waals surface area contributed by atoms with Crippen LogP contribution in [0.1, 0.15) is 22.8 Å². The number of rotatable bonds is 6. The average Bonchev–Trinajstić information content (AvgIpc) is 3.05. The predicted molar refractivity (Wildman–Crippen MR) is 118 cm³/mol. The minimum atomic E-state index is -1.47. The van der Waals surface area contributed by atoms with Crippen molar-refractivity contribution in [1.82, 2.24) is 0 Å². The Kier molecular flexibility index (Phi) is 6.64. The van der Waals surface area contributed by atoms with Crippen LogP contribution in [0.15, 0.2) is 54.6 Å². The second kappa shape index (κ2) is 9.44. The van der Waals surface area contributed by atoms with Crippen LogP contribution in [0, 0.1) is 0 Å². The lowest BCUT2D eigenvalue weighted by molar-refractivity contribution is -0.232. The van der Waals surface area contributed by atoms with Gasteiger partial charge < -0.3 is 34.6 Å². The molecule has 5 atom stereocenters. The van der Waals surface area contributed by atoms with Crippen LogP contribution in [-0.2, 0) is 11.2 Å². The highest BCUT2D eigenvalue weighted by Crippen LogP contribution is 2.42. The van der Waals surface area contributed by atoms with Gasteiger partial charge in [-0.3, -0.25) is 0 Å². The van der Waals surface area contributed by atoms with Crippen molar-refractivity contribution in [3.63, 3.8) is 0 Å². The number of hydrogen-bond donors (Lipinski definition) is 4. The fraction of sp³-hybridized carbons (Fsp3) is 0.360. The van der Waals surface area contributed by atoms with E-state index in [1.165, 1.54) is 7.11 Å². The molecule has 1 saturated heterocycles. The molecule has 7 nitrogen and oxygen atoms in total. The molecular weight excluding hydrogens is 412 g/mol. The topological polar surface area (TPSA) is 109 Å². The number of fused-ring (bicyclic) bond motifs is 1. The van der Waals surface area contributed by atoms with E-state index in [9.17, 15) is 20.4 Å². The Morgan fingerprint density at radius 3 is 2.12 bits per heavy atom. The molecule has 4 N–H and O–H groups in total. The van der Waals surface area contributed by atoms with Gasteiger partial charge in [-0.1, -0.05) is 42.5 Å². The van der Waals surface area contributed by atoms with E-state index in [-0.39, 0.29) is 0 Å². The Balaban J connectivity index is 1.76. The fourth-order valence-electron chi connectivity index (χ4n) is 4.40. The predicted octanol–water partition coefficient (Wildman–Crippen LogP) is 1.91. The van der Waals surface area contributed by atoms with Crippen molar-refractivity contribution in [1.29, 1.82) is 0 Å². The zero-order valence-corrected chi connectivity index (χ0v) is 18.0. The zero-order chi connectivity index (χ0) is 22.8. The third-order valence-corrected chi connectivity index (χ3v) is 6.04. The first kappa shape index (κ1) is 22.5. The lowest BCUT2D eigenvalue weighted by Crippen LogP contribution is -2.55. The molecule has 1 heterocycles. The minimum Gasteiger partial charge on any atom is -0.496 e. The number of aliphatic hydroxyl groups excluding tert-OH is 4. The minimum absolute atomic E-state index is 0.462. The number of aliphatic hydroxyl groups is 4. The average molecular weight is 440 g/mol. The molecule has 7 heteroatoms. The van der Waals surface area contributed by atoms with Gasteiger partial charge in [-0.15, -0.1) is 0 Å². The number of benzene rings is 1. The maximum Gasteiger partial charge on any atom is 0.132 e. The molecule has 0 radical (unpaired) electrons. The standard InChI is InChI=1S/C25H28O7/c1-30-19-9-8-17(25-23(29)22(28)21(27)20(13-26)32-25)24(31-2)18(19)12-14-10-15-6-4-3-5-7-16(15)11-14/h3-11,20-23,25-29H,12-13H2,1-2H3/t20-,21-,22+,23-,25+/m1/s1. The van der Waals surface area contributed by atoms with Gasteiger partial charge in [0.25, 0.3) is 0 Å². The first-order chi connectivity index (χ1) is 15.5. The number of ether oxygens (including phenoxy) is 3. The molecule has 0 saturated carbocycles. The molecule has 2 aliphatic carbocycles. The van der Waals surface area contributed by atoms with Gasteiger partial charge in [-0.25, -0.2) is 0 Å². The van der Waals surface area contributed by atoms with Crippen molar-refractivity contribution in [2.45, 2.75) is 36.9 Å². The largest absolute Gasteiger partial charge is 0.496 e. The van der Waals surface area contributed by atoms with E-state index in [2.05, 4.69) is 24.3 Å². The van der Waals surface area contributed by atoms with Gasteiger partial charge in [-0.2, -0.15) is 0 Å². The molecule has 3 aliphatic rings. The second-order valence-electron chi connectivity index (χ2n) is 7.98. The highest BCUT2D eigenvalue weighted by atomic mass is 16.5. The molecule has 32 heavy (non-hydrogen) atoms. The first-order valence-electron chi connectivity index (χ1n) is 10.5. The van der Waals surface area contributed by atoms with Crippen molar-refractivity contribution < 1.29 is 34.6 Å². The van der Waals surface area contributed by atoms with Crippen molar-refractivity contribution in [3.8, 4) is 22.6 Å². The normalized spacial score (nSPS) is 25.6. The number of hydrogen-bond acceptors (Lipinski definition) is 7. The van der Waals surface area contributed by atoms with E-state index in [1.807, 2.05) is 18.2 Å². The van der Waals surface area contributed by atoms with Crippen molar-refractivity contribution >= 4 is 0 Å². The molecule has 0 bridgehead atoms. The Labute approximate surface area is 186 Å². The summed E-state index contributed by atoms with van der Waals surface area (Å²) in [6.45, 7) is -0.496. The van der Waals surface area contributed by atoms with Gasteiger partial charge in [0.05, 0.1) is 20.8 Å². The summed E-state index contributed by atoms with van der Waals surface area (Å²) in [5.74, 6) is 1.08. The van der Waals surface area contributed by atoms with Crippen LogP contribution in [0.2, 0.25) is 0 Å². The van der Waals surface area contributed by atoms with Gasteiger partial charge in [0.15, 0.2) is 0 Å². The lowest BCUT2D eigenvalue weighted by Gasteiger charge is -2.40. The summed E-state index contributed by atoms with van der Waals surface area (Å²) in [7, 11) is 3.10. The smallest absolute Gasteiger partial charge is 0.132 e. The second-order valence-corrected chi connectivity index (χ2v) is 7.98. The quantitative estimate of drug-likeness (QED) is 0.464. The monoisotopic (exact) mass is 440 g/mol. The van der Waals surface area contributed by atoms with Crippen LogP contribution in [-0.4, -0.2) is 65.7 Å². The summed E-state index contributed by atoms with van der Waals surface area (Å²) in [5, 5.41) is 40.5. The van der Waals surface area contributed by atoms with Crippen LogP contribution in [0.5, 0.6) is 11.5 Å². The van der Waals surface area contributed by atoms with Gasteiger partial charge in [0.2, 0.25) is 0 Å². The molecule has 170 valence electrons. The summed E-state index contributed by atoms with van der Waals surface area (Å²) in [5.41, 5.74) is 4.57. The molecule has 0 unspecified atom stereocenters. The lowest BCUT2D eigenvalue weighted by atomic mass is 9.89. The van der Waals surface area contributed by atoms with E-state index >= 15 is 0 Å². The molecule has 1 aromatic carbocycles. The van der Waals surface area contributed by atoms with Gasteiger partial charge in [-0.05, 0) is 28.8 Å². The summed E-state index contributed by atoms with van der Waals surface area (Å²) in [6.07, 6.45) is -5.78. The van der Waals surface area contributed by atoms with Crippen molar-refractivity contribution in [2.75, 3.05) is 20.8 Å². The third kappa shape index (κ3) is 4.05. The molecule has 0 spiro atoms. The Bertz CT molecular complexity index is 1000. The van der Waals surface area contributed by atoms with Crippen molar-refractivity contribution in [2.24, 2.45) is 0 Å².